The predicted molar refractivity (Wildman–Crippen MR) is 60.9 cm³/mol. The standard InChI is InChI=1S/C11H16ClFN2/c1-7(2)5-11(15-14)9-4-3-8(13)6-10(9)12/h3-4,6-7,11,15H,5,14H2,1-2H3. The molecular weight excluding hydrogens is 215 g/mol. The van der Waals surface area contributed by atoms with E-state index in [1.807, 2.05) is 0 Å². The summed E-state index contributed by atoms with van der Waals surface area (Å²) in [5.41, 5.74) is 3.54. The van der Waals surface area contributed by atoms with E-state index in [0.29, 0.717) is 10.9 Å². The summed E-state index contributed by atoms with van der Waals surface area (Å²) in [5, 5.41) is 0.415. The number of hydrogen-bond acceptors (Lipinski definition) is 2. The van der Waals surface area contributed by atoms with Crippen molar-refractivity contribution in [2.45, 2.75) is 26.3 Å². The average Bonchev–Trinajstić information content (AvgIpc) is 2.14. The van der Waals surface area contributed by atoms with Gasteiger partial charge in [-0.25, -0.2) is 4.39 Å². The van der Waals surface area contributed by atoms with Crippen LogP contribution in [0.3, 0.4) is 0 Å². The highest BCUT2D eigenvalue weighted by Gasteiger charge is 2.15. The summed E-state index contributed by atoms with van der Waals surface area (Å²) < 4.78 is 12.8. The number of nitrogens with two attached hydrogens (primary N) is 1. The van der Waals surface area contributed by atoms with Crippen LogP contribution in [-0.4, -0.2) is 0 Å². The number of halogens is 2. The molecule has 0 aliphatic rings. The van der Waals surface area contributed by atoms with Gasteiger partial charge in [0.15, 0.2) is 0 Å². The molecule has 0 aliphatic carbocycles. The molecule has 1 rings (SSSR count). The van der Waals surface area contributed by atoms with Gasteiger partial charge in [-0.15, -0.1) is 0 Å². The van der Waals surface area contributed by atoms with Crippen LogP contribution < -0.4 is 11.3 Å². The van der Waals surface area contributed by atoms with Crippen LogP contribution in [0.1, 0.15) is 31.9 Å². The van der Waals surface area contributed by atoms with Crippen molar-refractivity contribution in [1.29, 1.82) is 0 Å². The lowest BCUT2D eigenvalue weighted by molar-refractivity contribution is 0.437. The monoisotopic (exact) mass is 230 g/mol. The van der Waals surface area contributed by atoms with E-state index >= 15 is 0 Å². The van der Waals surface area contributed by atoms with Crippen molar-refractivity contribution in [3.8, 4) is 0 Å². The summed E-state index contributed by atoms with van der Waals surface area (Å²) in [7, 11) is 0. The van der Waals surface area contributed by atoms with Gasteiger partial charge in [0.25, 0.3) is 0 Å². The molecule has 2 nitrogen and oxygen atoms in total. The molecule has 0 bridgehead atoms. The number of benzene rings is 1. The number of rotatable bonds is 4. The van der Waals surface area contributed by atoms with E-state index in [0.717, 1.165) is 12.0 Å². The zero-order chi connectivity index (χ0) is 11.4. The first-order chi connectivity index (χ1) is 7.04. The molecule has 0 radical (unpaired) electrons. The Balaban J connectivity index is 2.91. The van der Waals surface area contributed by atoms with Crippen molar-refractivity contribution in [3.05, 3.63) is 34.6 Å². The number of hydrogen-bond donors (Lipinski definition) is 2. The molecular formula is C11H16ClFN2. The van der Waals surface area contributed by atoms with Crippen molar-refractivity contribution in [2.24, 2.45) is 11.8 Å². The number of nitrogens with one attached hydrogen (secondary N) is 1. The van der Waals surface area contributed by atoms with E-state index in [-0.39, 0.29) is 11.9 Å². The molecule has 1 aromatic carbocycles. The minimum atomic E-state index is -0.330. The van der Waals surface area contributed by atoms with Crippen molar-refractivity contribution in [2.75, 3.05) is 0 Å². The molecule has 0 fully saturated rings. The van der Waals surface area contributed by atoms with Crippen LogP contribution in [0, 0.1) is 11.7 Å². The molecule has 1 aromatic rings. The molecule has 1 atom stereocenters. The van der Waals surface area contributed by atoms with E-state index < -0.39 is 0 Å². The SMILES string of the molecule is CC(C)CC(NN)c1ccc(F)cc1Cl. The van der Waals surface area contributed by atoms with Crippen LogP contribution in [0.5, 0.6) is 0 Å². The van der Waals surface area contributed by atoms with Crippen LogP contribution in [0.25, 0.3) is 0 Å². The van der Waals surface area contributed by atoms with Gasteiger partial charge < -0.3 is 0 Å². The first-order valence-corrected chi connectivity index (χ1v) is 5.33. The lowest BCUT2D eigenvalue weighted by atomic mass is 9.97. The summed E-state index contributed by atoms with van der Waals surface area (Å²) >= 11 is 5.95. The van der Waals surface area contributed by atoms with Crippen LogP contribution in [-0.2, 0) is 0 Å². The summed E-state index contributed by atoms with van der Waals surface area (Å²) in [6.07, 6.45) is 0.863. The maximum atomic E-state index is 12.8. The molecule has 1 unspecified atom stereocenters. The third-order valence-electron chi connectivity index (χ3n) is 2.25. The van der Waals surface area contributed by atoms with Gasteiger partial charge in [-0.3, -0.25) is 11.3 Å². The Morgan fingerprint density at radius 2 is 2.13 bits per heavy atom. The Labute approximate surface area is 94.6 Å². The summed E-state index contributed by atoms with van der Waals surface area (Å²) in [6.45, 7) is 4.20. The molecule has 0 spiro atoms. The molecule has 15 heavy (non-hydrogen) atoms. The van der Waals surface area contributed by atoms with E-state index in [1.54, 1.807) is 6.07 Å². The Hall–Kier alpha value is -0.640. The molecule has 0 amide bonds. The normalized spacial score (nSPS) is 13.2. The van der Waals surface area contributed by atoms with Gasteiger partial charge in [-0.05, 0) is 30.0 Å². The van der Waals surface area contributed by atoms with E-state index in [4.69, 9.17) is 17.4 Å². The third kappa shape index (κ3) is 3.45. The molecule has 84 valence electrons. The minimum absolute atomic E-state index is 0.0295. The van der Waals surface area contributed by atoms with E-state index in [1.165, 1.54) is 12.1 Å². The highest BCUT2D eigenvalue weighted by Crippen LogP contribution is 2.27. The smallest absolute Gasteiger partial charge is 0.124 e. The topological polar surface area (TPSA) is 38.0 Å². The second kappa shape index (κ2) is 5.45. The van der Waals surface area contributed by atoms with Crippen molar-refractivity contribution >= 4 is 11.6 Å². The summed E-state index contributed by atoms with van der Waals surface area (Å²) in [4.78, 5) is 0. The first kappa shape index (κ1) is 12.4. The molecule has 0 aromatic heterocycles. The fourth-order valence-electron chi connectivity index (χ4n) is 1.54. The zero-order valence-corrected chi connectivity index (χ0v) is 9.68. The maximum absolute atomic E-state index is 12.8. The molecule has 0 aliphatic heterocycles. The van der Waals surface area contributed by atoms with Crippen LogP contribution in [0.15, 0.2) is 18.2 Å². The second-order valence-corrected chi connectivity index (χ2v) is 4.42. The lowest BCUT2D eigenvalue weighted by Gasteiger charge is -2.19. The minimum Gasteiger partial charge on any atom is -0.271 e. The van der Waals surface area contributed by atoms with Gasteiger partial charge >= 0.3 is 0 Å². The van der Waals surface area contributed by atoms with Crippen molar-refractivity contribution in [1.82, 2.24) is 5.43 Å². The molecule has 0 saturated carbocycles. The van der Waals surface area contributed by atoms with E-state index in [9.17, 15) is 4.39 Å². The first-order valence-electron chi connectivity index (χ1n) is 4.95. The fourth-order valence-corrected chi connectivity index (χ4v) is 1.84. The fraction of sp³-hybridized carbons (Fsp3) is 0.455. The van der Waals surface area contributed by atoms with Gasteiger partial charge in [0.05, 0.1) is 0 Å². The molecule has 0 heterocycles. The Morgan fingerprint density at radius 1 is 1.47 bits per heavy atom. The Bertz CT molecular complexity index is 328. The van der Waals surface area contributed by atoms with Gasteiger partial charge in [-0.1, -0.05) is 31.5 Å². The predicted octanol–water partition coefficient (Wildman–Crippen LogP) is 3.03. The molecule has 0 saturated heterocycles. The maximum Gasteiger partial charge on any atom is 0.124 e. The third-order valence-corrected chi connectivity index (χ3v) is 2.57. The summed E-state index contributed by atoms with van der Waals surface area (Å²) in [6, 6.07) is 4.34. The highest BCUT2D eigenvalue weighted by atomic mass is 35.5. The van der Waals surface area contributed by atoms with Gasteiger partial charge in [0, 0.05) is 11.1 Å². The van der Waals surface area contributed by atoms with Gasteiger partial charge in [0.2, 0.25) is 0 Å². The Kier molecular flexibility index (Phi) is 4.51. The van der Waals surface area contributed by atoms with Gasteiger partial charge in [0.1, 0.15) is 5.82 Å². The van der Waals surface area contributed by atoms with E-state index in [2.05, 4.69) is 19.3 Å². The lowest BCUT2D eigenvalue weighted by Crippen LogP contribution is -2.29. The van der Waals surface area contributed by atoms with Crippen molar-refractivity contribution in [3.63, 3.8) is 0 Å². The highest BCUT2D eigenvalue weighted by molar-refractivity contribution is 6.31. The zero-order valence-electron chi connectivity index (χ0n) is 8.93. The molecule has 4 heteroatoms. The van der Waals surface area contributed by atoms with Crippen molar-refractivity contribution < 1.29 is 4.39 Å². The quantitative estimate of drug-likeness (QED) is 0.617. The van der Waals surface area contributed by atoms with Gasteiger partial charge in [-0.2, -0.15) is 0 Å². The van der Waals surface area contributed by atoms with Crippen LogP contribution in [0.4, 0.5) is 4.39 Å². The largest absolute Gasteiger partial charge is 0.271 e. The number of hydrazine groups is 1. The average molecular weight is 231 g/mol. The second-order valence-electron chi connectivity index (χ2n) is 4.01. The van der Waals surface area contributed by atoms with Crippen LogP contribution >= 0.6 is 11.6 Å². The molecule has 3 N–H and O–H groups in total. The van der Waals surface area contributed by atoms with Crippen LogP contribution in [0.2, 0.25) is 5.02 Å². The summed E-state index contributed by atoms with van der Waals surface area (Å²) in [5.74, 6) is 5.62. The Morgan fingerprint density at radius 3 is 2.60 bits per heavy atom.